The van der Waals surface area contributed by atoms with Crippen molar-refractivity contribution in [1.29, 1.82) is 0 Å². The van der Waals surface area contributed by atoms with E-state index in [4.69, 9.17) is 5.73 Å². The maximum atomic E-state index is 5.70. The van der Waals surface area contributed by atoms with Crippen LogP contribution in [0.15, 0.2) is 0 Å². The molecule has 0 radical (unpaired) electrons. The predicted octanol–water partition coefficient (Wildman–Crippen LogP) is 3.80. The SMILES string of the molecule is CCCCCCCCN(CCN)C(CC)CC. The standard InChI is InChI=1S/C15H34N2/c1-4-7-8-9-10-11-13-17(14-12-16)15(5-2)6-3/h15H,4-14,16H2,1-3H3. The van der Waals surface area contributed by atoms with Gasteiger partial charge in [-0.25, -0.2) is 0 Å². The highest BCUT2D eigenvalue weighted by Gasteiger charge is 2.13. The Hall–Kier alpha value is -0.0800. The summed E-state index contributed by atoms with van der Waals surface area (Å²) in [7, 11) is 0. The Balaban J connectivity index is 3.69. The van der Waals surface area contributed by atoms with Gasteiger partial charge in [-0.2, -0.15) is 0 Å². The molecule has 0 saturated carbocycles. The van der Waals surface area contributed by atoms with Crippen molar-refractivity contribution in [1.82, 2.24) is 4.90 Å². The van der Waals surface area contributed by atoms with Crippen LogP contribution in [0.1, 0.15) is 72.1 Å². The van der Waals surface area contributed by atoms with Gasteiger partial charge in [-0.15, -0.1) is 0 Å². The molecule has 2 N–H and O–H groups in total. The zero-order valence-corrected chi connectivity index (χ0v) is 12.4. The van der Waals surface area contributed by atoms with Crippen molar-refractivity contribution in [3.63, 3.8) is 0 Å². The number of unbranched alkanes of at least 4 members (excludes halogenated alkanes) is 5. The fourth-order valence-corrected chi connectivity index (χ4v) is 2.54. The molecule has 2 heteroatoms. The maximum absolute atomic E-state index is 5.70. The molecule has 0 fully saturated rings. The Kier molecular flexibility index (Phi) is 12.3. The van der Waals surface area contributed by atoms with E-state index in [-0.39, 0.29) is 0 Å². The van der Waals surface area contributed by atoms with E-state index in [1.807, 2.05) is 0 Å². The summed E-state index contributed by atoms with van der Waals surface area (Å²) in [6.07, 6.45) is 10.8. The van der Waals surface area contributed by atoms with Crippen LogP contribution in [0.4, 0.5) is 0 Å². The lowest BCUT2D eigenvalue weighted by molar-refractivity contribution is 0.187. The second kappa shape index (κ2) is 12.4. The zero-order chi connectivity index (χ0) is 12.9. The molecule has 0 spiro atoms. The summed E-state index contributed by atoms with van der Waals surface area (Å²) >= 11 is 0. The average Bonchev–Trinajstić information content (AvgIpc) is 2.35. The van der Waals surface area contributed by atoms with Gasteiger partial charge in [0.25, 0.3) is 0 Å². The first-order chi connectivity index (χ1) is 8.29. The molecule has 0 aromatic carbocycles. The van der Waals surface area contributed by atoms with Crippen LogP contribution in [-0.2, 0) is 0 Å². The van der Waals surface area contributed by atoms with Crippen molar-refractivity contribution in [2.24, 2.45) is 5.73 Å². The van der Waals surface area contributed by atoms with E-state index >= 15 is 0 Å². The van der Waals surface area contributed by atoms with Gasteiger partial charge in [0.15, 0.2) is 0 Å². The van der Waals surface area contributed by atoms with Gasteiger partial charge in [0.05, 0.1) is 0 Å². The van der Waals surface area contributed by atoms with Crippen LogP contribution in [-0.4, -0.2) is 30.6 Å². The molecule has 0 amide bonds. The lowest BCUT2D eigenvalue weighted by Gasteiger charge is -2.30. The molecule has 0 atom stereocenters. The van der Waals surface area contributed by atoms with Crippen LogP contribution in [0.25, 0.3) is 0 Å². The molecule has 0 saturated heterocycles. The highest BCUT2D eigenvalue weighted by Crippen LogP contribution is 2.11. The lowest BCUT2D eigenvalue weighted by Crippen LogP contribution is -2.38. The van der Waals surface area contributed by atoms with Gasteiger partial charge in [0, 0.05) is 19.1 Å². The summed E-state index contributed by atoms with van der Waals surface area (Å²) in [5, 5.41) is 0. The third kappa shape index (κ3) is 8.62. The second-order valence-corrected chi connectivity index (χ2v) is 5.06. The third-order valence-corrected chi connectivity index (χ3v) is 3.67. The molecule has 0 unspecified atom stereocenters. The minimum Gasteiger partial charge on any atom is -0.329 e. The molecule has 2 nitrogen and oxygen atoms in total. The van der Waals surface area contributed by atoms with Gasteiger partial charge in [-0.05, 0) is 25.8 Å². The average molecular weight is 242 g/mol. The van der Waals surface area contributed by atoms with Gasteiger partial charge in [0.1, 0.15) is 0 Å². The minimum absolute atomic E-state index is 0.745. The van der Waals surface area contributed by atoms with Gasteiger partial charge < -0.3 is 5.73 Å². The van der Waals surface area contributed by atoms with Crippen molar-refractivity contribution in [3.8, 4) is 0 Å². The van der Waals surface area contributed by atoms with E-state index in [1.165, 1.54) is 57.9 Å². The van der Waals surface area contributed by atoms with Crippen LogP contribution in [0.2, 0.25) is 0 Å². The predicted molar refractivity (Wildman–Crippen MR) is 78.4 cm³/mol. The Morgan fingerprint density at radius 1 is 0.824 bits per heavy atom. The monoisotopic (exact) mass is 242 g/mol. The van der Waals surface area contributed by atoms with E-state index in [1.54, 1.807) is 0 Å². The Labute approximate surface area is 109 Å². The molecule has 0 rings (SSSR count). The van der Waals surface area contributed by atoms with Gasteiger partial charge in [-0.1, -0.05) is 52.9 Å². The highest BCUT2D eigenvalue weighted by atomic mass is 15.2. The van der Waals surface area contributed by atoms with Crippen molar-refractivity contribution in [2.75, 3.05) is 19.6 Å². The minimum atomic E-state index is 0.745. The van der Waals surface area contributed by atoms with Crippen molar-refractivity contribution < 1.29 is 0 Å². The summed E-state index contributed by atoms with van der Waals surface area (Å²) in [5.74, 6) is 0. The number of nitrogens with zero attached hydrogens (tertiary/aromatic N) is 1. The topological polar surface area (TPSA) is 29.3 Å². The summed E-state index contributed by atoms with van der Waals surface area (Å²) in [6.45, 7) is 9.97. The van der Waals surface area contributed by atoms with Crippen molar-refractivity contribution in [2.45, 2.75) is 78.2 Å². The van der Waals surface area contributed by atoms with Crippen LogP contribution in [0, 0.1) is 0 Å². The molecular formula is C15H34N2. The number of hydrogen-bond donors (Lipinski definition) is 1. The molecular weight excluding hydrogens is 208 g/mol. The molecule has 0 aliphatic rings. The molecule has 0 aliphatic heterocycles. The van der Waals surface area contributed by atoms with Crippen LogP contribution in [0.5, 0.6) is 0 Å². The Morgan fingerprint density at radius 2 is 1.41 bits per heavy atom. The molecule has 0 aromatic heterocycles. The quantitative estimate of drug-likeness (QED) is 0.528. The smallest absolute Gasteiger partial charge is 0.0108 e. The van der Waals surface area contributed by atoms with Gasteiger partial charge >= 0.3 is 0 Å². The Bertz CT molecular complexity index is 144. The fourth-order valence-electron chi connectivity index (χ4n) is 2.54. The normalized spacial score (nSPS) is 11.6. The summed E-state index contributed by atoms with van der Waals surface area (Å²) in [6, 6.07) is 0.745. The van der Waals surface area contributed by atoms with Crippen LogP contribution >= 0.6 is 0 Å². The molecule has 104 valence electrons. The first-order valence-corrected chi connectivity index (χ1v) is 7.74. The van der Waals surface area contributed by atoms with Crippen molar-refractivity contribution >= 4 is 0 Å². The number of rotatable bonds is 12. The van der Waals surface area contributed by atoms with Gasteiger partial charge in [0.2, 0.25) is 0 Å². The first-order valence-electron chi connectivity index (χ1n) is 7.74. The van der Waals surface area contributed by atoms with Crippen molar-refractivity contribution in [3.05, 3.63) is 0 Å². The van der Waals surface area contributed by atoms with Gasteiger partial charge in [-0.3, -0.25) is 4.90 Å². The molecule has 17 heavy (non-hydrogen) atoms. The Morgan fingerprint density at radius 3 is 1.94 bits per heavy atom. The largest absolute Gasteiger partial charge is 0.329 e. The summed E-state index contributed by atoms with van der Waals surface area (Å²) < 4.78 is 0. The zero-order valence-electron chi connectivity index (χ0n) is 12.4. The summed E-state index contributed by atoms with van der Waals surface area (Å²) in [4.78, 5) is 2.60. The van der Waals surface area contributed by atoms with Crippen LogP contribution in [0.3, 0.4) is 0 Å². The fraction of sp³-hybridized carbons (Fsp3) is 1.00. The van der Waals surface area contributed by atoms with E-state index in [0.717, 1.165) is 19.1 Å². The van der Waals surface area contributed by atoms with Crippen LogP contribution < -0.4 is 5.73 Å². The number of nitrogens with two attached hydrogens (primary N) is 1. The van der Waals surface area contributed by atoms with E-state index < -0.39 is 0 Å². The molecule has 0 aromatic rings. The molecule has 0 bridgehead atoms. The van der Waals surface area contributed by atoms with E-state index in [2.05, 4.69) is 25.7 Å². The maximum Gasteiger partial charge on any atom is 0.0108 e. The first kappa shape index (κ1) is 16.9. The summed E-state index contributed by atoms with van der Waals surface area (Å²) in [5.41, 5.74) is 5.70. The lowest BCUT2D eigenvalue weighted by atomic mass is 10.1. The highest BCUT2D eigenvalue weighted by molar-refractivity contribution is 4.69. The second-order valence-electron chi connectivity index (χ2n) is 5.06. The van der Waals surface area contributed by atoms with E-state index in [9.17, 15) is 0 Å². The third-order valence-electron chi connectivity index (χ3n) is 3.67. The molecule has 0 heterocycles. The van der Waals surface area contributed by atoms with E-state index in [0.29, 0.717) is 0 Å². The molecule has 0 aliphatic carbocycles. The number of hydrogen-bond acceptors (Lipinski definition) is 2.